The van der Waals surface area contributed by atoms with E-state index in [1.165, 1.54) is 6.07 Å². The van der Waals surface area contributed by atoms with Crippen LogP contribution in [0.4, 0.5) is 4.39 Å². The van der Waals surface area contributed by atoms with Gasteiger partial charge in [-0.2, -0.15) is 0 Å². The van der Waals surface area contributed by atoms with Crippen molar-refractivity contribution in [3.8, 4) is 0 Å². The molecule has 1 atom stereocenters. The maximum absolute atomic E-state index is 13.9. The standard InChI is InChI=1S/C14H14BrFN2/c1-2-17-14(13-5-3-4-8-18-13)11-9-10(15)6-7-12(11)16/h3-9,14,17H,2H2,1H3. The van der Waals surface area contributed by atoms with Gasteiger partial charge in [-0.25, -0.2) is 4.39 Å². The Kier molecular flexibility index (Phi) is 4.44. The van der Waals surface area contributed by atoms with E-state index in [-0.39, 0.29) is 11.9 Å². The van der Waals surface area contributed by atoms with Crippen LogP contribution < -0.4 is 5.32 Å². The van der Waals surface area contributed by atoms with Gasteiger partial charge in [0.1, 0.15) is 5.82 Å². The lowest BCUT2D eigenvalue weighted by atomic mass is 10.0. The van der Waals surface area contributed by atoms with Crippen molar-refractivity contribution in [2.75, 3.05) is 6.54 Å². The van der Waals surface area contributed by atoms with Crippen LogP contribution in [0.15, 0.2) is 47.1 Å². The molecule has 2 nitrogen and oxygen atoms in total. The van der Waals surface area contributed by atoms with E-state index < -0.39 is 0 Å². The highest BCUT2D eigenvalue weighted by atomic mass is 79.9. The fraction of sp³-hybridized carbons (Fsp3) is 0.214. The van der Waals surface area contributed by atoms with Gasteiger partial charge in [0.05, 0.1) is 11.7 Å². The number of pyridine rings is 1. The SMILES string of the molecule is CCNC(c1ccccn1)c1cc(Br)ccc1F. The summed E-state index contributed by atoms with van der Waals surface area (Å²) in [7, 11) is 0. The highest BCUT2D eigenvalue weighted by Crippen LogP contribution is 2.25. The Morgan fingerprint density at radius 2 is 2.17 bits per heavy atom. The van der Waals surface area contributed by atoms with Crippen LogP contribution in [0.5, 0.6) is 0 Å². The van der Waals surface area contributed by atoms with Crippen molar-refractivity contribution in [2.45, 2.75) is 13.0 Å². The van der Waals surface area contributed by atoms with Crippen LogP contribution in [-0.4, -0.2) is 11.5 Å². The smallest absolute Gasteiger partial charge is 0.128 e. The average Bonchev–Trinajstić information content (AvgIpc) is 2.40. The van der Waals surface area contributed by atoms with Gasteiger partial charge in [-0.3, -0.25) is 4.98 Å². The summed E-state index contributed by atoms with van der Waals surface area (Å²) in [6.07, 6.45) is 1.72. The Hall–Kier alpha value is -1.26. The van der Waals surface area contributed by atoms with E-state index in [1.807, 2.05) is 25.1 Å². The van der Waals surface area contributed by atoms with Crippen LogP contribution in [0, 0.1) is 5.82 Å². The molecule has 2 aromatic rings. The van der Waals surface area contributed by atoms with Gasteiger partial charge in [-0.15, -0.1) is 0 Å². The van der Waals surface area contributed by atoms with Crippen molar-refractivity contribution < 1.29 is 4.39 Å². The van der Waals surface area contributed by atoms with Crippen LogP contribution in [0.3, 0.4) is 0 Å². The van der Waals surface area contributed by atoms with Crippen molar-refractivity contribution in [3.05, 3.63) is 64.1 Å². The number of benzene rings is 1. The van der Waals surface area contributed by atoms with E-state index >= 15 is 0 Å². The molecule has 0 aliphatic rings. The molecular weight excluding hydrogens is 295 g/mol. The van der Waals surface area contributed by atoms with Gasteiger partial charge < -0.3 is 5.32 Å². The number of hydrogen-bond acceptors (Lipinski definition) is 2. The molecule has 0 saturated carbocycles. The van der Waals surface area contributed by atoms with E-state index in [0.29, 0.717) is 5.56 Å². The highest BCUT2D eigenvalue weighted by Gasteiger charge is 2.18. The molecule has 1 heterocycles. The maximum Gasteiger partial charge on any atom is 0.128 e. The van der Waals surface area contributed by atoms with Gasteiger partial charge in [0.2, 0.25) is 0 Å². The molecule has 0 saturated heterocycles. The van der Waals surface area contributed by atoms with Gasteiger partial charge in [-0.1, -0.05) is 28.9 Å². The molecule has 0 amide bonds. The van der Waals surface area contributed by atoms with Crippen molar-refractivity contribution in [1.82, 2.24) is 10.3 Å². The third-order valence-electron chi connectivity index (χ3n) is 2.66. The minimum Gasteiger partial charge on any atom is -0.305 e. The first-order valence-electron chi connectivity index (χ1n) is 5.81. The predicted molar refractivity (Wildman–Crippen MR) is 73.9 cm³/mol. The lowest BCUT2D eigenvalue weighted by Crippen LogP contribution is -2.23. The summed E-state index contributed by atoms with van der Waals surface area (Å²) in [6, 6.07) is 10.4. The third kappa shape index (κ3) is 2.94. The molecule has 1 N–H and O–H groups in total. The molecule has 1 unspecified atom stereocenters. The summed E-state index contributed by atoms with van der Waals surface area (Å²) in [5.74, 6) is -0.227. The Bertz CT molecular complexity index is 516. The molecule has 0 aliphatic heterocycles. The summed E-state index contributed by atoms with van der Waals surface area (Å²) >= 11 is 3.37. The minimum absolute atomic E-state index is 0.227. The molecule has 0 bridgehead atoms. The van der Waals surface area contributed by atoms with Gasteiger partial charge >= 0.3 is 0 Å². The zero-order chi connectivity index (χ0) is 13.0. The van der Waals surface area contributed by atoms with Crippen molar-refractivity contribution in [2.24, 2.45) is 0 Å². The van der Waals surface area contributed by atoms with Crippen molar-refractivity contribution >= 4 is 15.9 Å². The molecular formula is C14H14BrFN2. The second-order valence-corrected chi connectivity index (χ2v) is 4.83. The number of nitrogens with zero attached hydrogens (tertiary/aromatic N) is 1. The number of aromatic nitrogens is 1. The van der Waals surface area contributed by atoms with Crippen LogP contribution in [-0.2, 0) is 0 Å². The Morgan fingerprint density at radius 3 is 2.83 bits per heavy atom. The summed E-state index contributed by atoms with van der Waals surface area (Å²) in [5, 5.41) is 3.26. The van der Waals surface area contributed by atoms with E-state index in [4.69, 9.17) is 0 Å². The first kappa shape index (κ1) is 13.2. The van der Waals surface area contributed by atoms with E-state index in [2.05, 4.69) is 26.2 Å². The molecule has 0 spiro atoms. The summed E-state index contributed by atoms with van der Waals surface area (Å²) in [5.41, 5.74) is 1.42. The van der Waals surface area contributed by atoms with Crippen LogP contribution in [0.25, 0.3) is 0 Å². The van der Waals surface area contributed by atoms with Gasteiger partial charge in [0, 0.05) is 16.2 Å². The van der Waals surface area contributed by atoms with Crippen molar-refractivity contribution in [3.63, 3.8) is 0 Å². The fourth-order valence-electron chi connectivity index (χ4n) is 1.86. The average molecular weight is 309 g/mol. The van der Waals surface area contributed by atoms with Gasteiger partial charge in [0.25, 0.3) is 0 Å². The predicted octanol–water partition coefficient (Wildman–Crippen LogP) is 3.68. The monoisotopic (exact) mass is 308 g/mol. The normalized spacial score (nSPS) is 12.4. The molecule has 4 heteroatoms. The van der Waals surface area contributed by atoms with Crippen LogP contribution in [0.1, 0.15) is 24.2 Å². The topological polar surface area (TPSA) is 24.9 Å². The molecule has 1 aromatic heterocycles. The lowest BCUT2D eigenvalue weighted by molar-refractivity contribution is 0.551. The highest BCUT2D eigenvalue weighted by molar-refractivity contribution is 9.10. The molecule has 0 radical (unpaired) electrons. The maximum atomic E-state index is 13.9. The molecule has 18 heavy (non-hydrogen) atoms. The number of nitrogens with one attached hydrogen (secondary N) is 1. The number of rotatable bonds is 4. The molecule has 1 aromatic carbocycles. The zero-order valence-electron chi connectivity index (χ0n) is 10.0. The van der Waals surface area contributed by atoms with E-state index in [0.717, 1.165) is 16.7 Å². The summed E-state index contributed by atoms with van der Waals surface area (Å²) in [4.78, 5) is 4.30. The largest absolute Gasteiger partial charge is 0.305 e. The molecule has 0 aliphatic carbocycles. The minimum atomic E-state index is -0.228. The second kappa shape index (κ2) is 6.07. The van der Waals surface area contributed by atoms with E-state index in [9.17, 15) is 4.39 Å². The molecule has 0 fully saturated rings. The van der Waals surface area contributed by atoms with Crippen LogP contribution >= 0.6 is 15.9 Å². The fourth-order valence-corrected chi connectivity index (χ4v) is 2.24. The van der Waals surface area contributed by atoms with Gasteiger partial charge in [0.15, 0.2) is 0 Å². The van der Waals surface area contributed by atoms with Crippen molar-refractivity contribution in [1.29, 1.82) is 0 Å². The Morgan fingerprint density at radius 1 is 1.33 bits per heavy atom. The third-order valence-corrected chi connectivity index (χ3v) is 3.15. The molecule has 94 valence electrons. The molecule has 2 rings (SSSR count). The summed E-state index contributed by atoms with van der Waals surface area (Å²) < 4.78 is 14.8. The zero-order valence-corrected chi connectivity index (χ0v) is 11.6. The number of halogens is 2. The van der Waals surface area contributed by atoms with Gasteiger partial charge in [-0.05, 0) is 36.9 Å². The van der Waals surface area contributed by atoms with E-state index in [1.54, 1.807) is 18.3 Å². The lowest BCUT2D eigenvalue weighted by Gasteiger charge is -2.18. The first-order chi connectivity index (χ1) is 8.72. The summed E-state index contributed by atoms with van der Waals surface area (Å²) in [6.45, 7) is 2.74. The quantitative estimate of drug-likeness (QED) is 0.932. The Labute approximate surface area is 114 Å². The second-order valence-electron chi connectivity index (χ2n) is 3.91. The first-order valence-corrected chi connectivity index (χ1v) is 6.61. The number of hydrogen-bond donors (Lipinski definition) is 1. The van der Waals surface area contributed by atoms with Crippen LogP contribution in [0.2, 0.25) is 0 Å². The Balaban J connectivity index is 2.44.